The number of carbonyl (C=O) groups excluding carboxylic acids is 2. The molecule has 3 amide bonds. The van der Waals surface area contributed by atoms with Crippen LogP contribution in [0, 0.1) is 0 Å². The molecule has 0 bridgehead atoms. The molecule has 2 aliphatic heterocycles. The molecular weight excluding hydrogens is 330 g/mol. The van der Waals surface area contributed by atoms with E-state index in [1.165, 1.54) is 0 Å². The van der Waals surface area contributed by atoms with Crippen LogP contribution in [0.4, 0.5) is 4.79 Å². The minimum atomic E-state index is -0.280. The second-order valence-corrected chi connectivity index (χ2v) is 6.99. The molecular formula is C20H29N3O3. The van der Waals surface area contributed by atoms with E-state index in [4.69, 9.17) is 4.74 Å². The van der Waals surface area contributed by atoms with Gasteiger partial charge in [-0.3, -0.25) is 4.79 Å². The highest BCUT2D eigenvalue weighted by Gasteiger charge is 2.30. The number of benzene rings is 1. The van der Waals surface area contributed by atoms with Crippen LogP contribution in [0.1, 0.15) is 44.2 Å². The summed E-state index contributed by atoms with van der Waals surface area (Å²) >= 11 is 0. The SMILES string of the molecule is CC[C@H](NC(=O)N1CCCN(C(=O)[C@H]2CCCO2)CC1)c1ccccc1. The molecule has 26 heavy (non-hydrogen) atoms. The molecule has 3 rings (SSSR count). The number of nitrogens with zero attached hydrogens (tertiary/aromatic N) is 2. The van der Waals surface area contributed by atoms with Crippen LogP contribution in [0.2, 0.25) is 0 Å². The molecule has 1 aromatic carbocycles. The Morgan fingerprint density at radius 1 is 1.12 bits per heavy atom. The van der Waals surface area contributed by atoms with Crippen LogP contribution in [0.15, 0.2) is 30.3 Å². The molecule has 1 aromatic rings. The molecule has 0 unspecified atom stereocenters. The van der Waals surface area contributed by atoms with E-state index in [1.54, 1.807) is 0 Å². The number of hydrogen-bond donors (Lipinski definition) is 1. The summed E-state index contributed by atoms with van der Waals surface area (Å²) in [4.78, 5) is 28.9. The topological polar surface area (TPSA) is 61.9 Å². The van der Waals surface area contributed by atoms with Crippen LogP contribution in [0.25, 0.3) is 0 Å². The Kier molecular flexibility index (Phi) is 6.50. The van der Waals surface area contributed by atoms with Gasteiger partial charge in [0.2, 0.25) is 0 Å². The highest BCUT2D eigenvalue weighted by molar-refractivity contribution is 5.81. The van der Waals surface area contributed by atoms with E-state index in [-0.39, 0.29) is 24.1 Å². The van der Waals surface area contributed by atoms with Gasteiger partial charge in [-0.25, -0.2) is 4.79 Å². The Morgan fingerprint density at radius 3 is 2.54 bits per heavy atom. The molecule has 0 aromatic heterocycles. The largest absolute Gasteiger partial charge is 0.368 e. The van der Waals surface area contributed by atoms with E-state index in [0.717, 1.165) is 31.2 Å². The Labute approximate surface area is 155 Å². The molecule has 2 saturated heterocycles. The third-order valence-corrected chi connectivity index (χ3v) is 5.21. The summed E-state index contributed by atoms with van der Waals surface area (Å²) in [5.41, 5.74) is 1.12. The first-order valence-electron chi connectivity index (χ1n) is 9.70. The summed E-state index contributed by atoms with van der Waals surface area (Å²) in [5.74, 6) is 0.0838. The summed E-state index contributed by atoms with van der Waals surface area (Å²) in [7, 11) is 0. The summed E-state index contributed by atoms with van der Waals surface area (Å²) in [5, 5.41) is 3.14. The average molecular weight is 359 g/mol. The Morgan fingerprint density at radius 2 is 1.85 bits per heavy atom. The predicted octanol–water partition coefficient (Wildman–Crippen LogP) is 2.56. The Balaban J connectivity index is 1.54. The van der Waals surface area contributed by atoms with Crippen molar-refractivity contribution in [3.8, 4) is 0 Å². The van der Waals surface area contributed by atoms with Crippen molar-refractivity contribution in [2.24, 2.45) is 0 Å². The maximum absolute atomic E-state index is 12.7. The van der Waals surface area contributed by atoms with Gasteiger partial charge in [0, 0.05) is 32.8 Å². The summed E-state index contributed by atoms with van der Waals surface area (Å²) in [6, 6.07) is 10.0. The summed E-state index contributed by atoms with van der Waals surface area (Å²) < 4.78 is 5.52. The lowest BCUT2D eigenvalue weighted by Crippen LogP contribution is -2.45. The first-order valence-corrected chi connectivity index (χ1v) is 9.70. The van der Waals surface area contributed by atoms with Gasteiger partial charge in [-0.1, -0.05) is 37.3 Å². The third kappa shape index (κ3) is 4.55. The van der Waals surface area contributed by atoms with Crippen molar-refractivity contribution in [1.82, 2.24) is 15.1 Å². The number of rotatable bonds is 4. The molecule has 2 aliphatic rings. The number of carbonyl (C=O) groups is 2. The molecule has 0 spiro atoms. The van der Waals surface area contributed by atoms with Gasteiger partial charge in [0.1, 0.15) is 6.10 Å². The quantitative estimate of drug-likeness (QED) is 0.899. The number of hydrogen-bond acceptors (Lipinski definition) is 3. The lowest BCUT2D eigenvalue weighted by atomic mass is 10.1. The van der Waals surface area contributed by atoms with Crippen molar-refractivity contribution in [2.75, 3.05) is 32.8 Å². The Bertz CT molecular complexity index is 602. The van der Waals surface area contributed by atoms with Crippen molar-refractivity contribution in [2.45, 2.75) is 44.8 Å². The van der Waals surface area contributed by atoms with Gasteiger partial charge in [-0.15, -0.1) is 0 Å². The maximum atomic E-state index is 12.7. The lowest BCUT2D eigenvalue weighted by Gasteiger charge is -2.26. The van der Waals surface area contributed by atoms with Crippen LogP contribution < -0.4 is 5.32 Å². The standard InChI is InChI=1S/C20H29N3O3/c1-2-17(16-8-4-3-5-9-16)21-20(25)23-12-7-11-22(13-14-23)19(24)18-10-6-15-26-18/h3-5,8-9,17-18H,2,6-7,10-15H2,1H3,(H,21,25)/t17-,18+/m0/s1. The third-order valence-electron chi connectivity index (χ3n) is 5.21. The molecule has 0 radical (unpaired) electrons. The highest BCUT2D eigenvalue weighted by Crippen LogP contribution is 2.18. The van der Waals surface area contributed by atoms with Crippen molar-refractivity contribution in [1.29, 1.82) is 0 Å². The van der Waals surface area contributed by atoms with E-state index in [2.05, 4.69) is 12.2 Å². The molecule has 2 fully saturated rings. The molecule has 1 N–H and O–H groups in total. The molecule has 2 heterocycles. The zero-order valence-electron chi connectivity index (χ0n) is 15.5. The second-order valence-electron chi connectivity index (χ2n) is 6.99. The van der Waals surface area contributed by atoms with Crippen LogP contribution in [-0.4, -0.2) is 60.6 Å². The van der Waals surface area contributed by atoms with Gasteiger partial charge in [-0.05, 0) is 31.2 Å². The first kappa shape index (κ1) is 18.7. The fourth-order valence-electron chi connectivity index (χ4n) is 3.66. The molecule has 6 heteroatoms. The average Bonchev–Trinajstić information content (AvgIpc) is 3.10. The van der Waals surface area contributed by atoms with E-state index in [1.807, 2.05) is 40.1 Å². The zero-order valence-corrected chi connectivity index (χ0v) is 15.5. The van der Waals surface area contributed by atoms with Gasteiger partial charge >= 0.3 is 6.03 Å². The number of nitrogens with one attached hydrogen (secondary N) is 1. The minimum absolute atomic E-state index is 0.0107. The predicted molar refractivity (Wildman–Crippen MR) is 99.7 cm³/mol. The highest BCUT2D eigenvalue weighted by atomic mass is 16.5. The monoisotopic (exact) mass is 359 g/mol. The summed E-state index contributed by atoms with van der Waals surface area (Å²) in [6.45, 7) is 5.26. The Hall–Kier alpha value is -2.08. The number of urea groups is 1. The van der Waals surface area contributed by atoms with Gasteiger partial charge in [0.15, 0.2) is 0 Å². The lowest BCUT2D eigenvalue weighted by molar-refractivity contribution is -0.140. The molecule has 0 saturated carbocycles. The van der Waals surface area contributed by atoms with Gasteiger partial charge in [0.05, 0.1) is 6.04 Å². The fourth-order valence-corrected chi connectivity index (χ4v) is 3.66. The van der Waals surface area contributed by atoms with Gasteiger partial charge < -0.3 is 19.9 Å². The van der Waals surface area contributed by atoms with Gasteiger partial charge in [0.25, 0.3) is 5.91 Å². The number of ether oxygens (including phenoxy) is 1. The van der Waals surface area contributed by atoms with Crippen molar-refractivity contribution in [3.63, 3.8) is 0 Å². The van der Waals surface area contributed by atoms with Crippen molar-refractivity contribution < 1.29 is 14.3 Å². The first-order chi connectivity index (χ1) is 12.7. The van der Waals surface area contributed by atoms with Crippen molar-refractivity contribution in [3.05, 3.63) is 35.9 Å². The van der Waals surface area contributed by atoms with Crippen LogP contribution in [-0.2, 0) is 9.53 Å². The van der Waals surface area contributed by atoms with Gasteiger partial charge in [-0.2, -0.15) is 0 Å². The van der Waals surface area contributed by atoms with E-state index < -0.39 is 0 Å². The fraction of sp³-hybridized carbons (Fsp3) is 0.600. The second kappa shape index (κ2) is 9.03. The number of amides is 3. The molecule has 142 valence electrons. The minimum Gasteiger partial charge on any atom is -0.368 e. The van der Waals surface area contributed by atoms with E-state index in [9.17, 15) is 9.59 Å². The van der Waals surface area contributed by atoms with E-state index in [0.29, 0.717) is 32.8 Å². The van der Waals surface area contributed by atoms with E-state index >= 15 is 0 Å². The maximum Gasteiger partial charge on any atom is 0.317 e. The smallest absolute Gasteiger partial charge is 0.317 e. The molecule has 2 atom stereocenters. The van der Waals surface area contributed by atoms with Crippen LogP contribution in [0.5, 0.6) is 0 Å². The van der Waals surface area contributed by atoms with Crippen molar-refractivity contribution >= 4 is 11.9 Å². The normalized spacial score (nSPS) is 22.0. The molecule has 0 aliphatic carbocycles. The van der Waals surface area contributed by atoms with Crippen LogP contribution in [0.3, 0.4) is 0 Å². The van der Waals surface area contributed by atoms with Crippen LogP contribution >= 0.6 is 0 Å². The molecule has 6 nitrogen and oxygen atoms in total. The summed E-state index contributed by atoms with van der Waals surface area (Å²) in [6.07, 6.45) is 3.13. The zero-order chi connectivity index (χ0) is 18.4.